The molecule has 1 fully saturated rings. The van der Waals surface area contributed by atoms with Gasteiger partial charge in [-0.2, -0.15) is 0 Å². The quantitative estimate of drug-likeness (QED) is 0.840. The molecular weight excluding hydrogens is 297 g/mol. The third-order valence-electron chi connectivity index (χ3n) is 4.16. The molecule has 1 atom stereocenters. The number of amides is 2. The highest BCUT2D eigenvalue weighted by Gasteiger charge is 2.29. The van der Waals surface area contributed by atoms with E-state index >= 15 is 0 Å². The fourth-order valence-electron chi connectivity index (χ4n) is 2.88. The second-order valence-corrected chi connectivity index (χ2v) is 6.26. The molecule has 0 saturated carbocycles. The Morgan fingerprint density at radius 3 is 2.39 bits per heavy atom. The maximum Gasteiger partial charge on any atom is 0.228 e. The molecule has 23 heavy (non-hydrogen) atoms. The molecule has 1 aliphatic rings. The maximum atomic E-state index is 13.0. The van der Waals surface area contributed by atoms with Crippen LogP contribution in [0.5, 0.6) is 0 Å². The van der Waals surface area contributed by atoms with Crippen molar-refractivity contribution in [1.82, 2.24) is 14.7 Å². The predicted octanol–water partition coefficient (Wildman–Crippen LogP) is 1.19. The van der Waals surface area contributed by atoms with Crippen molar-refractivity contribution in [1.29, 1.82) is 0 Å². The summed E-state index contributed by atoms with van der Waals surface area (Å²) in [6.45, 7) is 4.53. The summed E-state index contributed by atoms with van der Waals surface area (Å²) in [6.07, 6.45) is 0. The van der Waals surface area contributed by atoms with Crippen LogP contribution in [-0.2, 0) is 16.1 Å². The first-order chi connectivity index (χ1) is 10.9. The largest absolute Gasteiger partial charge is 0.348 e. The van der Waals surface area contributed by atoms with Gasteiger partial charge in [-0.05, 0) is 17.7 Å². The maximum absolute atomic E-state index is 13.0. The van der Waals surface area contributed by atoms with E-state index in [1.807, 2.05) is 0 Å². The van der Waals surface area contributed by atoms with Gasteiger partial charge >= 0.3 is 0 Å². The lowest BCUT2D eigenvalue weighted by atomic mass is 10.1. The number of rotatable bonds is 3. The summed E-state index contributed by atoms with van der Waals surface area (Å²) in [6, 6.07) is 6.40. The molecule has 6 heteroatoms. The number of halogens is 1. The molecule has 2 rings (SSSR count). The molecule has 0 unspecified atom stereocenters. The average molecular weight is 321 g/mol. The fraction of sp³-hybridized carbons (Fsp3) is 0.529. The van der Waals surface area contributed by atoms with E-state index in [4.69, 9.17) is 0 Å². The number of hydrogen-bond acceptors (Lipinski definition) is 3. The van der Waals surface area contributed by atoms with Gasteiger partial charge in [0.1, 0.15) is 5.82 Å². The Kier molecular flexibility index (Phi) is 5.71. The van der Waals surface area contributed by atoms with E-state index in [0.717, 1.165) is 5.56 Å². The lowest BCUT2D eigenvalue weighted by Crippen LogP contribution is -2.41. The summed E-state index contributed by atoms with van der Waals surface area (Å²) in [7, 11) is 3.46. The number of hydrogen-bond donors (Lipinski definition) is 0. The van der Waals surface area contributed by atoms with Gasteiger partial charge in [0.2, 0.25) is 11.8 Å². The van der Waals surface area contributed by atoms with Crippen molar-refractivity contribution in [2.75, 3.05) is 40.3 Å². The Morgan fingerprint density at radius 1 is 1.17 bits per heavy atom. The van der Waals surface area contributed by atoms with Crippen molar-refractivity contribution in [3.63, 3.8) is 0 Å². The highest BCUT2D eigenvalue weighted by atomic mass is 19.1. The van der Waals surface area contributed by atoms with Crippen molar-refractivity contribution in [3.8, 4) is 0 Å². The van der Waals surface area contributed by atoms with E-state index in [9.17, 15) is 14.0 Å². The molecule has 1 aliphatic heterocycles. The van der Waals surface area contributed by atoms with Crippen molar-refractivity contribution >= 4 is 11.8 Å². The number of carbonyl (C=O) groups excluding carboxylic acids is 2. The minimum absolute atomic E-state index is 0.00908. The Morgan fingerprint density at radius 2 is 1.83 bits per heavy atom. The van der Waals surface area contributed by atoms with Crippen LogP contribution in [0.3, 0.4) is 0 Å². The number of carbonyl (C=O) groups is 2. The predicted molar refractivity (Wildman–Crippen MR) is 86.1 cm³/mol. The van der Waals surface area contributed by atoms with Gasteiger partial charge in [0.25, 0.3) is 0 Å². The molecule has 0 bridgehead atoms. The van der Waals surface area contributed by atoms with Crippen LogP contribution in [0.4, 0.5) is 4.39 Å². The van der Waals surface area contributed by atoms with Gasteiger partial charge in [0, 0.05) is 53.7 Å². The minimum Gasteiger partial charge on any atom is -0.348 e. The Bertz CT molecular complexity index is 559. The van der Waals surface area contributed by atoms with Gasteiger partial charge in [0.15, 0.2) is 0 Å². The van der Waals surface area contributed by atoms with E-state index in [-0.39, 0.29) is 23.5 Å². The van der Waals surface area contributed by atoms with Crippen LogP contribution >= 0.6 is 0 Å². The molecule has 0 spiro atoms. The van der Waals surface area contributed by atoms with Gasteiger partial charge < -0.3 is 9.80 Å². The summed E-state index contributed by atoms with van der Waals surface area (Å²) in [5.74, 6) is -0.475. The fourth-order valence-corrected chi connectivity index (χ4v) is 2.88. The SMILES string of the molecule is CC(=O)N1CCN(Cc2ccc(F)cc2)C[C@@H](C(=O)N(C)C)C1. The molecule has 2 amide bonds. The molecule has 126 valence electrons. The zero-order valence-corrected chi connectivity index (χ0v) is 14.0. The van der Waals surface area contributed by atoms with Crippen LogP contribution < -0.4 is 0 Å². The van der Waals surface area contributed by atoms with Crippen LogP contribution in [0.1, 0.15) is 12.5 Å². The lowest BCUT2D eigenvalue weighted by Gasteiger charge is -2.25. The Balaban J connectivity index is 2.11. The van der Waals surface area contributed by atoms with Crippen molar-refractivity contribution in [3.05, 3.63) is 35.6 Å². The number of benzene rings is 1. The summed E-state index contributed by atoms with van der Waals surface area (Å²) < 4.78 is 13.0. The van der Waals surface area contributed by atoms with Crippen molar-refractivity contribution in [2.24, 2.45) is 5.92 Å². The monoisotopic (exact) mass is 321 g/mol. The molecule has 1 heterocycles. The van der Waals surface area contributed by atoms with Crippen LogP contribution in [0.25, 0.3) is 0 Å². The molecule has 0 N–H and O–H groups in total. The molecule has 5 nitrogen and oxygen atoms in total. The van der Waals surface area contributed by atoms with Crippen molar-refractivity contribution < 1.29 is 14.0 Å². The smallest absolute Gasteiger partial charge is 0.228 e. The first kappa shape index (κ1) is 17.4. The average Bonchev–Trinajstić information content (AvgIpc) is 2.71. The molecule has 0 aromatic heterocycles. The summed E-state index contributed by atoms with van der Waals surface area (Å²) in [5, 5.41) is 0. The molecule has 0 aliphatic carbocycles. The van der Waals surface area contributed by atoms with Crippen LogP contribution in [0.2, 0.25) is 0 Å². The van der Waals surface area contributed by atoms with Crippen LogP contribution in [0.15, 0.2) is 24.3 Å². The second kappa shape index (κ2) is 7.55. The van der Waals surface area contributed by atoms with E-state index in [0.29, 0.717) is 32.7 Å². The van der Waals surface area contributed by atoms with E-state index in [2.05, 4.69) is 4.90 Å². The Hall–Kier alpha value is -1.95. The molecular formula is C17H24FN3O2. The number of nitrogens with zero attached hydrogens (tertiary/aromatic N) is 3. The Labute approximate surface area is 136 Å². The van der Waals surface area contributed by atoms with E-state index in [1.54, 1.807) is 36.0 Å². The summed E-state index contributed by atoms with van der Waals surface area (Å²) >= 11 is 0. The van der Waals surface area contributed by atoms with Gasteiger partial charge in [-0.1, -0.05) is 12.1 Å². The third-order valence-corrected chi connectivity index (χ3v) is 4.16. The normalized spacial score (nSPS) is 19.3. The molecule has 1 saturated heterocycles. The van der Waals surface area contributed by atoms with Crippen LogP contribution in [0, 0.1) is 11.7 Å². The molecule has 1 aromatic carbocycles. The first-order valence-corrected chi connectivity index (χ1v) is 7.80. The zero-order chi connectivity index (χ0) is 17.0. The van der Waals surface area contributed by atoms with E-state index in [1.165, 1.54) is 19.1 Å². The zero-order valence-electron chi connectivity index (χ0n) is 14.0. The van der Waals surface area contributed by atoms with Crippen LogP contribution in [-0.4, -0.2) is 66.8 Å². The summed E-state index contributed by atoms with van der Waals surface area (Å²) in [4.78, 5) is 29.6. The highest BCUT2D eigenvalue weighted by Crippen LogP contribution is 2.15. The van der Waals surface area contributed by atoms with Gasteiger partial charge in [-0.25, -0.2) is 4.39 Å². The third kappa shape index (κ3) is 4.76. The standard InChI is InChI=1S/C17H24FN3O2/c1-13(22)21-9-8-20(10-14-4-6-16(18)7-5-14)11-15(12-21)17(23)19(2)3/h4-7,15H,8-12H2,1-3H3/t15-/m1/s1. The van der Waals surface area contributed by atoms with Crippen molar-refractivity contribution in [2.45, 2.75) is 13.5 Å². The van der Waals surface area contributed by atoms with Gasteiger partial charge in [-0.15, -0.1) is 0 Å². The summed E-state index contributed by atoms with van der Waals surface area (Å²) in [5.41, 5.74) is 0.999. The lowest BCUT2D eigenvalue weighted by molar-refractivity contribution is -0.135. The topological polar surface area (TPSA) is 43.9 Å². The second-order valence-electron chi connectivity index (χ2n) is 6.26. The highest BCUT2D eigenvalue weighted by molar-refractivity contribution is 5.80. The van der Waals surface area contributed by atoms with Gasteiger partial charge in [0.05, 0.1) is 5.92 Å². The van der Waals surface area contributed by atoms with Gasteiger partial charge in [-0.3, -0.25) is 14.5 Å². The molecule has 0 radical (unpaired) electrons. The van der Waals surface area contributed by atoms with E-state index < -0.39 is 0 Å². The minimum atomic E-state index is -0.256. The molecule has 1 aromatic rings. The first-order valence-electron chi connectivity index (χ1n) is 7.80.